The maximum Gasteiger partial charge on any atom is 0.254 e. The van der Waals surface area contributed by atoms with Crippen LogP contribution in [0.2, 0.25) is 0 Å². The molecule has 0 bridgehead atoms. The van der Waals surface area contributed by atoms with Gasteiger partial charge in [0, 0.05) is 31.4 Å². The van der Waals surface area contributed by atoms with Crippen molar-refractivity contribution < 1.29 is 19.1 Å². The summed E-state index contributed by atoms with van der Waals surface area (Å²) in [5.74, 6) is 1.35. The number of nitrogens with two attached hydrogens (primary N) is 1. The Morgan fingerprint density at radius 1 is 1.15 bits per heavy atom. The van der Waals surface area contributed by atoms with E-state index in [9.17, 15) is 9.59 Å². The fraction of sp³-hybridized carbons (Fsp3) is 0.192. The van der Waals surface area contributed by atoms with Crippen LogP contribution in [0.1, 0.15) is 22.3 Å². The number of anilines is 1. The molecule has 2 aromatic carbocycles. The van der Waals surface area contributed by atoms with Crippen LogP contribution in [0.5, 0.6) is 17.2 Å². The molecule has 3 aromatic rings. The molecule has 3 N–H and O–H groups in total. The molecule has 1 aromatic heterocycles. The predicted molar refractivity (Wildman–Crippen MR) is 129 cm³/mol. The highest BCUT2D eigenvalue weighted by atomic mass is 16.5. The Hall–Kier alpha value is -4.33. The Kier molecular flexibility index (Phi) is 7.07. The van der Waals surface area contributed by atoms with Crippen LogP contribution in [0.4, 0.5) is 5.82 Å². The van der Waals surface area contributed by atoms with E-state index in [4.69, 9.17) is 15.2 Å². The zero-order chi connectivity index (χ0) is 23.9. The SMILES string of the molecule is C=CC(=O)NC1CCN(c2cc(Oc3ccc(OCc4ccccc4)cc3)c(C(N)=O)cn2)C1. The van der Waals surface area contributed by atoms with E-state index >= 15 is 0 Å². The van der Waals surface area contributed by atoms with Crippen molar-refractivity contribution in [3.05, 3.63) is 90.6 Å². The van der Waals surface area contributed by atoms with Crippen molar-refractivity contribution in [2.45, 2.75) is 19.1 Å². The van der Waals surface area contributed by atoms with Crippen molar-refractivity contribution in [2.24, 2.45) is 5.73 Å². The molecule has 4 rings (SSSR count). The summed E-state index contributed by atoms with van der Waals surface area (Å²) in [5, 5.41) is 2.89. The number of nitrogens with one attached hydrogen (secondary N) is 1. The molecule has 1 aliphatic heterocycles. The van der Waals surface area contributed by atoms with Crippen molar-refractivity contribution in [3.8, 4) is 17.2 Å². The fourth-order valence-corrected chi connectivity index (χ4v) is 3.69. The highest BCUT2D eigenvalue weighted by Crippen LogP contribution is 2.30. The lowest BCUT2D eigenvalue weighted by atomic mass is 10.2. The van der Waals surface area contributed by atoms with Gasteiger partial charge in [-0.25, -0.2) is 4.98 Å². The van der Waals surface area contributed by atoms with E-state index in [1.54, 1.807) is 30.3 Å². The number of carbonyl (C=O) groups excluding carboxylic acids is 2. The molecule has 0 aliphatic carbocycles. The first-order valence-corrected chi connectivity index (χ1v) is 10.9. The second-order valence-corrected chi connectivity index (χ2v) is 7.89. The molecule has 0 saturated carbocycles. The predicted octanol–water partition coefficient (Wildman–Crippen LogP) is 3.43. The van der Waals surface area contributed by atoms with Gasteiger partial charge in [0.25, 0.3) is 5.91 Å². The molecule has 1 unspecified atom stereocenters. The second kappa shape index (κ2) is 10.5. The van der Waals surface area contributed by atoms with Crippen molar-refractivity contribution in [3.63, 3.8) is 0 Å². The van der Waals surface area contributed by atoms with Crippen LogP contribution in [0.15, 0.2) is 79.5 Å². The van der Waals surface area contributed by atoms with Gasteiger partial charge in [0.15, 0.2) is 0 Å². The summed E-state index contributed by atoms with van der Waals surface area (Å²) in [6.45, 7) is 5.24. The molecule has 2 amide bonds. The molecule has 34 heavy (non-hydrogen) atoms. The minimum atomic E-state index is -0.630. The molecule has 1 aliphatic rings. The van der Waals surface area contributed by atoms with E-state index < -0.39 is 5.91 Å². The summed E-state index contributed by atoms with van der Waals surface area (Å²) < 4.78 is 11.8. The van der Waals surface area contributed by atoms with E-state index in [0.29, 0.717) is 42.8 Å². The molecule has 8 heteroatoms. The summed E-state index contributed by atoms with van der Waals surface area (Å²) in [6, 6.07) is 18.7. The Labute approximate surface area is 198 Å². The first-order valence-electron chi connectivity index (χ1n) is 10.9. The van der Waals surface area contributed by atoms with E-state index in [1.165, 1.54) is 12.3 Å². The quantitative estimate of drug-likeness (QED) is 0.476. The van der Waals surface area contributed by atoms with Crippen LogP contribution in [-0.2, 0) is 11.4 Å². The van der Waals surface area contributed by atoms with E-state index in [2.05, 4.69) is 16.9 Å². The monoisotopic (exact) mass is 458 g/mol. The summed E-state index contributed by atoms with van der Waals surface area (Å²) >= 11 is 0. The van der Waals surface area contributed by atoms with Crippen molar-refractivity contribution in [2.75, 3.05) is 18.0 Å². The number of rotatable bonds is 9. The molecule has 1 fully saturated rings. The molecule has 1 atom stereocenters. The number of hydrogen-bond acceptors (Lipinski definition) is 6. The zero-order valence-corrected chi connectivity index (χ0v) is 18.6. The van der Waals surface area contributed by atoms with Gasteiger partial charge in [-0.3, -0.25) is 9.59 Å². The van der Waals surface area contributed by atoms with E-state index in [1.807, 2.05) is 35.2 Å². The summed E-state index contributed by atoms with van der Waals surface area (Å²) in [4.78, 5) is 29.9. The second-order valence-electron chi connectivity index (χ2n) is 7.89. The van der Waals surface area contributed by atoms with Gasteiger partial charge in [-0.2, -0.15) is 0 Å². The number of ether oxygens (including phenoxy) is 2. The van der Waals surface area contributed by atoms with Crippen LogP contribution < -0.4 is 25.4 Å². The van der Waals surface area contributed by atoms with Crippen LogP contribution in [-0.4, -0.2) is 35.9 Å². The largest absolute Gasteiger partial charge is 0.489 e. The van der Waals surface area contributed by atoms with Crippen LogP contribution in [0.3, 0.4) is 0 Å². The molecule has 8 nitrogen and oxygen atoms in total. The Morgan fingerprint density at radius 3 is 2.59 bits per heavy atom. The maximum atomic E-state index is 11.9. The first kappa shape index (κ1) is 22.8. The molecular weight excluding hydrogens is 432 g/mol. The van der Waals surface area contributed by atoms with Crippen molar-refractivity contribution in [1.82, 2.24) is 10.3 Å². The highest BCUT2D eigenvalue weighted by molar-refractivity contribution is 5.95. The lowest BCUT2D eigenvalue weighted by Gasteiger charge is -2.19. The third-order valence-corrected chi connectivity index (χ3v) is 5.46. The Balaban J connectivity index is 1.45. The normalized spacial score (nSPS) is 14.9. The van der Waals surface area contributed by atoms with Gasteiger partial charge in [0.1, 0.15) is 35.2 Å². The van der Waals surface area contributed by atoms with Crippen molar-refractivity contribution >= 4 is 17.6 Å². The number of benzene rings is 2. The maximum absolute atomic E-state index is 11.9. The third-order valence-electron chi connectivity index (χ3n) is 5.46. The minimum Gasteiger partial charge on any atom is -0.489 e. The van der Waals surface area contributed by atoms with Gasteiger partial charge in [0.05, 0.1) is 0 Å². The van der Waals surface area contributed by atoms with Gasteiger partial charge in [-0.05, 0) is 42.3 Å². The first-order chi connectivity index (χ1) is 16.5. The van der Waals surface area contributed by atoms with Gasteiger partial charge in [-0.1, -0.05) is 36.9 Å². The summed E-state index contributed by atoms with van der Waals surface area (Å²) in [6.07, 6.45) is 3.45. The number of amides is 2. The third kappa shape index (κ3) is 5.72. The number of carbonyl (C=O) groups is 2. The van der Waals surface area contributed by atoms with E-state index in [-0.39, 0.29) is 17.5 Å². The number of pyridine rings is 1. The number of primary amides is 1. The number of hydrogen-bond donors (Lipinski definition) is 2. The topological polar surface area (TPSA) is 107 Å². The van der Waals surface area contributed by atoms with Gasteiger partial charge in [-0.15, -0.1) is 0 Å². The van der Waals surface area contributed by atoms with Gasteiger partial charge >= 0.3 is 0 Å². The summed E-state index contributed by atoms with van der Waals surface area (Å²) in [7, 11) is 0. The average molecular weight is 459 g/mol. The molecule has 174 valence electrons. The highest BCUT2D eigenvalue weighted by Gasteiger charge is 2.25. The van der Waals surface area contributed by atoms with Gasteiger partial charge < -0.3 is 25.4 Å². The molecule has 2 heterocycles. The Morgan fingerprint density at radius 2 is 1.88 bits per heavy atom. The Bertz CT molecular complexity index is 1170. The standard InChI is InChI=1S/C26H26N4O4/c1-2-25(31)29-19-12-13-30(16-19)24-14-23(22(15-28-24)26(27)32)34-21-10-8-20(9-11-21)33-17-18-6-4-3-5-7-18/h2-11,14-15,19H,1,12-13,16-17H2,(H2,27,32)(H,29,31). The lowest BCUT2D eigenvalue weighted by Crippen LogP contribution is -2.36. The fourth-order valence-electron chi connectivity index (χ4n) is 3.69. The average Bonchev–Trinajstić information content (AvgIpc) is 3.32. The molecular formula is C26H26N4O4. The zero-order valence-electron chi connectivity index (χ0n) is 18.6. The molecule has 0 radical (unpaired) electrons. The molecule has 0 spiro atoms. The van der Waals surface area contributed by atoms with Crippen LogP contribution >= 0.6 is 0 Å². The van der Waals surface area contributed by atoms with Gasteiger partial charge in [0.2, 0.25) is 5.91 Å². The van der Waals surface area contributed by atoms with Crippen molar-refractivity contribution in [1.29, 1.82) is 0 Å². The number of aromatic nitrogens is 1. The molecule has 1 saturated heterocycles. The smallest absolute Gasteiger partial charge is 0.254 e. The summed E-state index contributed by atoms with van der Waals surface area (Å²) in [5.41, 5.74) is 6.79. The lowest BCUT2D eigenvalue weighted by molar-refractivity contribution is -0.117. The van der Waals surface area contributed by atoms with Crippen LogP contribution in [0.25, 0.3) is 0 Å². The number of nitrogens with zero attached hydrogens (tertiary/aromatic N) is 2. The van der Waals surface area contributed by atoms with E-state index in [0.717, 1.165) is 12.0 Å². The minimum absolute atomic E-state index is 0.00378. The van der Waals surface area contributed by atoms with Crippen LogP contribution in [0, 0.1) is 0 Å².